The molecule has 6 heteroatoms. The number of carbonyl (C=O) groups is 2. The topological polar surface area (TPSA) is 68.5 Å². The van der Waals surface area contributed by atoms with Gasteiger partial charge in [-0.15, -0.1) is 0 Å². The van der Waals surface area contributed by atoms with Gasteiger partial charge in [0.2, 0.25) is 0 Å². The summed E-state index contributed by atoms with van der Waals surface area (Å²) in [6.07, 6.45) is 5.62. The molecule has 2 heterocycles. The summed E-state index contributed by atoms with van der Waals surface area (Å²) in [6, 6.07) is 11.4. The minimum Gasteiger partial charge on any atom is -0.486 e. The van der Waals surface area contributed by atoms with Gasteiger partial charge in [0.1, 0.15) is 16.9 Å². The molecule has 0 unspecified atom stereocenters. The molecule has 1 saturated carbocycles. The molecule has 1 aliphatic heterocycles. The number of rotatable bonds is 3. The molecule has 2 aromatic carbocycles. The van der Waals surface area contributed by atoms with Crippen molar-refractivity contribution in [3.8, 4) is 5.75 Å². The standard InChI is InChI=1S/C25H24BrNO4/c1-15-21-19(30-23(15)24(29)27-14-16-7-3-4-8-17(16)26)9-10-20-22(21)18(28)13-25(31-20)11-5-2-6-12-25/h3-4,7-10H,2,5-6,11-14H2,1H3,(H,27,29). The Bertz CT molecular complexity index is 1190. The van der Waals surface area contributed by atoms with Gasteiger partial charge in [0, 0.05) is 22.0 Å². The van der Waals surface area contributed by atoms with E-state index in [1.807, 2.05) is 37.3 Å². The van der Waals surface area contributed by atoms with Crippen molar-refractivity contribution in [2.45, 2.75) is 57.6 Å². The highest BCUT2D eigenvalue weighted by Crippen LogP contribution is 2.45. The number of nitrogens with one attached hydrogen (secondary N) is 1. The molecule has 1 aliphatic carbocycles. The molecule has 1 N–H and O–H groups in total. The first-order chi connectivity index (χ1) is 15.0. The number of carbonyl (C=O) groups excluding carboxylic acids is 2. The van der Waals surface area contributed by atoms with Gasteiger partial charge in [0.05, 0.1) is 12.0 Å². The third-order valence-corrected chi connectivity index (χ3v) is 7.29. The fourth-order valence-corrected chi connectivity index (χ4v) is 5.35. The highest BCUT2D eigenvalue weighted by atomic mass is 79.9. The minimum atomic E-state index is -0.364. The van der Waals surface area contributed by atoms with Crippen LogP contribution >= 0.6 is 15.9 Å². The summed E-state index contributed by atoms with van der Waals surface area (Å²) in [7, 11) is 0. The number of benzene rings is 2. The van der Waals surface area contributed by atoms with Gasteiger partial charge < -0.3 is 14.5 Å². The van der Waals surface area contributed by atoms with Crippen molar-refractivity contribution in [1.29, 1.82) is 0 Å². The number of fused-ring (bicyclic) bond motifs is 3. The lowest BCUT2D eigenvalue weighted by atomic mass is 9.78. The third-order valence-electron chi connectivity index (χ3n) is 6.51. The Morgan fingerprint density at radius 1 is 1.13 bits per heavy atom. The lowest BCUT2D eigenvalue weighted by Crippen LogP contribution is -2.43. The van der Waals surface area contributed by atoms with E-state index in [1.54, 1.807) is 6.07 Å². The van der Waals surface area contributed by atoms with Crippen molar-refractivity contribution in [2.75, 3.05) is 0 Å². The van der Waals surface area contributed by atoms with Gasteiger partial charge >= 0.3 is 0 Å². The molecule has 1 amide bonds. The molecule has 1 spiro atoms. The second-order valence-corrected chi connectivity index (χ2v) is 9.44. The summed E-state index contributed by atoms with van der Waals surface area (Å²) in [5.41, 5.74) is 2.38. The average Bonchev–Trinajstić information content (AvgIpc) is 3.10. The Kier molecular flexibility index (Phi) is 5.13. The Hall–Kier alpha value is -2.60. The van der Waals surface area contributed by atoms with Crippen molar-refractivity contribution in [2.24, 2.45) is 0 Å². The van der Waals surface area contributed by atoms with Crippen molar-refractivity contribution in [3.63, 3.8) is 0 Å². The molecule has 31 heavy (non-hydrogen) atoms. The van der Waals surface area contributed by atoms with E-state index in [1.165, 1.54) is 6.42 Å². The van der Waals surface area contributed by atoms with E-state index in [-0.39, 0.29) is 23.1 Å². The van der Waals surface area contributed by atoms with Gasteiger partial charge in [0.25, 0.3) is 5.91 Å². The maximum atomic E-state index is 13.2. The molecule has 5 nitrogen and oxygen atoms in total. The maximum Gasteiger partial charge on any atom is 0.287 e. The van der Waals surface area contributed by atoms with Crippen LogP contribution in [-0.4, -0.2) is 17.3 Å². The number of Topliss-reactive ketones (excluding diaryl/α,β-unsaturated/α-hetero) is 1. The number of amides is 1. The number of ether oxygens (including phenoxy) is 1. The van der Waals surface area contributed by atoms with Gasteiger partial charge in [0.15, 0.2) is 11.5 Å². The number of halogens is 1. The molecule has 1 fully saturated rings. The monoisotopic (exact) mass is 481 g/mol. The predicted octanol–water partition coefficient (Wildman–Crippen LogP) is 6.10. The van der Waals surface area contributed by atoms with Gasteiger partial charge in [-0.3, -0.25) is 9.59 Å². The SMILES string of the molecule is Cc1c(C(=O)NCc2ccccc2Br)oc2ccc3c(c12)C(=O)CC1(CCCCC1)O3. The molecule has 160 valence electrons. The minimum absolute atomic E-state index is 0.0813. The zero-order valence-corrected chi connectivity index (χ0v) is 19.0. The number of furan rings is 1. The Morgan fingerprint density at radius 2 is 1.90 bits per heavy atom. The first-order valence-electron chi connectivity index (χ1n) is 10.8. The zero-order valence-electron chi connectivity index (χ0n) is 17.4. The van der Waals surface area contributed by atoms with Crippen molar-refractivity contribution < 1.29 is 18.7 Å². The molecule has 0 saturated heterocycles. The second-order valence-electron chi connectivity index (χ2n) is 8.59. The molecule has 0 bridgehead atoms. The summed E-state index contributed by atoms with van der Waals surface area (Å²) < 4.78 is 13.2. The summed E-state index contributed by atoms with van der Waals surface area (Å²) >= 11 is 3.50. The van der Waals surface area contributed by atoms with Gasteiger partial charge in [-0.2, -0.15) is 0 Å². The van der Waals surface area contributed by atoms with E-state index in [2.05, 4.69) is 21.2 Å². The van der Waals surface area contributed by atoms with E-state index in [0.29, 0.717) is 40.8 Å². The normalized spacial score (nSPS) is 17.4. The van der Waals surface area contributed by atoms with Gasteiger partial charge in [-0.05, 0) is 56.4 Å². The number of aryl methyl sites for hydroxylation is 1. The number of hydrogen-bond acceptors (Lipinski definition) is 4. The lowest BCUT2D eigenvalue weighted by molar-refractivity contribution is 0.0139. The highest BCUT2D eigenvalue weighted by Gasteiger charge is 2.42. The van der Waals surface area contributed by atoms with Crippen LogP contribution in [0.3, 0.4) is 0 Å². The molecule has 0 radical (unpaired) electrons. The zero-order chi connectivity index (χ0) is 21.6. The van der Waals surface area contributed by atoms with E-state index < -0.39 is 0 Å². The fraction of sp³-hybridized carbons (Fsp3) is 0.360. The van der Waals surface area contributed by atoms with Crippen LogP contribution in [0.4, 0.5) is 0 Å². The Balaban J connectivity index is 1.46. The molecule has 2 aliphatic rings. The summed E-state index contributed by atoms with van der Waals surface area (Å²) in [6.45, 7) is 2.21. The van der Waals surface area contributed by atoms with Crippen molar-refractivity contribution in [1.82, 2.24) is 5.32 Å². The second kappa shape index (κ2) is 7.83. The Morgan fingerprint density at radius 3 is 2.68 bits per heavy atom. The van der Waals surface area contributed by atoms with Gasteiger partial charge in [-0.25, -0.2) is 0 Å². The van der Waals surface area contributed by atoms with Crippen LogP contribution in [0.15, 0.2) is 45.3 Å². The van der Waals surface area contributed by atoms with Crippen LogP contribution < -0.4 is 10.1 Å². The smallest absolute Gasteiger partial charge is 0.287 e. The van der Waals surface area contributed by atoms with Crippen LogP contribution in [0.1, 0.15) is 70.6 Å². The van der Waals surface area contributed by atoms with Crippen LogP contribution in [0.5, 0.6) is 5.75 Å². The molecule has 0 atom stereocenters. The average molecular weight is 482 g/mol. The lowest BCUT2D eigenvalue weighted by Gasteiger charge is -2.40. The van der Waals surface area contributed by atoms with E-state index in [0.717, 1.165) is 35.7 Å². The summed E-state index contributed by atoms with van der Waals surface area (Å²) in [5.74, 6) is 0.639. The van der Waals surface area contributed by atoms with Crippen molar-refractivity contribution >= 4 is 38.6 Å². The van der Waals surface area contributed by atoms with Crippen molar-refractivity contribution in [3.05, 3.63) is 63.3 Å². The summed E-state index contributed by atoms with van der Waals surface area (Å²) in [4.78, 5) is 26.1. The van der Waals surface area contributed by atoms with Gasteiger partial charge in [-0.1, -0.05) is 40.5 Å². The highest BCUT2D eigenvalue weighted by molar-refractivity contribution is 9.10. The molecular weight excluding hydrogens is 458 g/mol. The number of ketones is 1. The molecule has 3 aromatic rings. The third kappa shape index (κ3) is 3.57. The Labute approximate surface area is 189 Å². The van der Waals surface area contributed by atoms with Crippen LogP contribution in [0, 0.1) is 6.92 Å². The fourth-order valence-electron chi connectivity index (χ4n) is 4.92. The first-order valence-corrected chi connectivity index (χ1v) is 11.6. The first kappa shape index (κ1) is 20.3. The van der Waals surface area contributed by atoms with Crippen LogP contribution in [0.2, 0.25) is 0 Å². The predicted molar refractivity (Wildman–Crippen MR) is 122 cm³/mol. The number of hydrogen-bond donors (Lipinski definition) is 1. The van der Waals surface area contributed by atoms with Crippen LogP contribution in [-0.2, 0) is 6.54 Å². The molecule has 1 aromatic heterocycles. The van der Waals surface area contributed by atoms with Crippen LogP contribution in [0.25, 0.3) is 11.0 Å². The van der Waals surface area contributed by atoms with E-state index >= 15 is 0 Å². The molecule has 5 rings (SSSR count). The van der Waals surface area contributed by atoms with E-state index in [9.17, 15) is 9.59 Å². The quantitative estimate of drug-likeness (QED) is 0.490. The van der Waals surface area contributed by atoms with E-state index in [4.69, 9.17) is 9.15 Å². The largest absolute Gasteiger partial charge is 0.486 e. The summed E-state index contributed by atoms with van der Waals surface area (Å²) in [5, 5.41) is 3.61. The molecular formula is C25H24BrNO4. The maximum absolute atomic E-state index is 13.2.